The Balaban J connectivity index is 2.23. The average Bonchev–Trinajstić information content (AvgIpc) is 3.03. The molecule has 1 aliphatic rings. The van der Waals surface area contributed by atoms with E-state index in [1.807, 2.05) is 11.5 Å². The van der Waals surface area contributed by atoms with Crippen molar-refractivity contribution in [1.82, 2.24) is 4.57 Å². The zero-order valence-corrected chi connectivity index (χ0v) is 12.0. The highest BCUT2D eigenvalue weighted by Crippen LogP contribution is 2.41. The van der Waals surface area contributed by atoms with Gasteiger partial charge in [-0.25, -0.2) is 0 Å². The summed E-state index contributed by atoms with van der Waals surface area (Å²) < 4.78 is 41.6. The second kappa shape index (κ2) is 4.27. The molecule has 19 heavy (non-hydrogen) atoms. The van der Waals surface area contributed by atoms with Crippen LogP contribution in [0.15, 0.2) is 22.7 Å². The van der Waals surface area contributed by atoms with E-state index in [9.17, 15) is 13.2 Å². The van der Waals surface area contributed by atoms with E-state index >= 15 is 0 Å². The van der Waals surface area contributed by atoms with E-state index < -0.39 is 11.7 Å². The fraction of sp³-hybridized carbons (Fsp3) is 0.429. The lowest BCUT2D eigenvalue weighted by atomic mass is 10.1. The first-order chi connectivity index (χ1) is 8.88. The Bertz CT molecular complexity index is 638. The Kier molecular flexibility index (Phi) is 2.93. The van der Waals surface area contributed by atoms with E-state index in [0.717, 1.165) is 12.2 Å². The molecule has 1 fully saturated rings. The molecule has 2 aromatic rings. The first-order valence-electron chi connectivity index (χ1n) is 6.23. The van der Waals surface area contributed by atoms with Gasteiger partial charge in [0.25, 0.3) is 0 Å². The second-order valence-electron chi connectivity index (χ2n) is 5.19. The number of nitrogens with zero attached hydrogens (tertiary/aromatic N) is 1. The van der Waals surface area contributed by atoms with Crippen molar-refractivity contribution in [3.63, 3.8) is 0 Å². The lowest BCUT2D eigenvalue weighted by Crippen LogP contribution is -2.07. The summed E-state index contributed by atoms with van der Waals surface area (Å²) in [5.74, 6) is 0.632. The summed E-state index contributed by atoms with van der Waals surface area (Å²) in [6, 6.07) is 4.91. The summed E-state index contributed by atoms with van der Waals surface area (Å²) in [5, 5.41) is 0.292. The van der Waals surface area contributed by atoms with E-state index in [4.69, 9.17) is 0 Å². The SMILES string of the molecule is Cc1cc2c(C(F)(F)F)c(Br)ccc2n1CC1CC1. The fourth-order valence-electron chi connectivity index (χ4n) is 2.53. The maximum Gasteiger partial charge on any atom is 0.418 e. The van der Waals surface area contributed by atoms with E-state index in [1.54, 1.807) is 12.1 Å². The molecule has 1 saturated carbocycles. The second-order valence-corrected chi connectivity index (χ2v) is 6.05. The Morgan fingerprint density at radius 2 is 2.00 bits per heavy atom. The number of benzene rings is 1. The number of rotatable bonds is 2. The molecule has 0 unspecified atom stereocenters. The molecular weight excluding hydrogens is 319 g/mol. The molecule has 1 nitrogen and oxygen atoms in total. The number of aromatic nitrogens is 1. The Labute approximate surface area is 117 Å². The van der Waals surface area contributed by atoms with Crippen LogP contribution >= 0.6 is 15.9 Å². The number of hydrogen-bond donors (Lipinski definition) is 0. The third-order valence-corrected chi connectivity index (χ3v) is 4.32. The predicted molar refractivity (Wildman–Crippen MR) is 72.1 cm³/mol. The Morgan fingerprint density at radius 3 is 2.58 bits per heavy atom. The Hall–Kier alpha value is -0.970. The van der Waals surface area contributed by atoms with Crippen LogP contribution in [0.4, 0.5) is 13.2 Å². The molecule has 0 amide bonds. The summed E-state index contributed by atoms with van der Waals surface area (Å²) in [6.07, 6.45) is -1.97. The van der Waals surface area contributed by atoms with Crippen molar-refractivity contribution in [3.8, 4) is 0 Å². The number of alkyl halides is 3. The fourth-order valence-corrected chi connectivity index (χ4v) is 3.10. The van der Waals surface area contributed by atoms with Crippen LogP contribution in [0.5, 0.6) is 0 Å². The van der Waals surface area contributed by atoms with Crippen LogP contribution in [0.25, 0.3) is 10.9 Å². The quantitative estimate of drug-likeness (QED) is 0.717. The van der Waals surface area contributed by atoms with Gasteiger partial charge in [0.2, 0.25) is 0 Å². The van der Waals surface area contributed by atoms with E-state index in [1.165, 1.54) is 18.9 Å². The Morgan fingerprint density at radius 1 is 1.32 bits per heavy atom. The van der Waals surface area contributed by atoms with Gasteiger partial charge in [0.1, 0.15) is 0 Å². The van der Waals surface area contributed by atoms with Crippen molar-refractivity contribution in [1.29, 1.82) is 0 Å². The lowest BCUT2D eigenvalue weighted by molar-refractivity contribution is -0.136. The van der Waals surface area contributed by atoms with Crippen molar-refractivity contribution >= 4 is 26.8 Å². The first kappa shape index (κ1) is 13.0. The number of fused-ring (bicyclic) bond motifs is 1. The molecule has 1 aromatic carbocycles. The van der Waals surface area contributed by atoms with Crippen LogP contribution in [0.1, 0.15) is 24.1 Å². The van der Waals surface area contributed by atoms with Crippen molar-refractivity contribution in [2.45, 2.75) is 32.5 Å². The minimum atomic E-state index is -4.34. The van der Waals surface area contributed by atoms with Gasteiger partial charge in [0.05, 0.1) is 5.56 Å². The van der Waals surface area contributed by atoms with Crippen LogP contribution in [-0.2, 0) is 12.7 Å². The van der Waals surface area contributed by atoms with Crippen molar-refractivity contribution < 1.29 is 13.2 Å². The molecule has 5 heteroatoms. The van der Waals surface area contributed by atoms with Gasteiger partial charge in [-0.15, -0.1) is 0 Å². The molecule has 1 heterocycles. The topological polar surface area (TPSA) is 4.93 Å². The summed E-state index contributed by atoms with van der Waals surface area (Å²) >= 11 is 3.02. The van der Waals surface area contributed by atoms with Gasteiger partial charge in [-0.05, 0) is 43.9 Å². The van der Waals surface area contributed by atoms with E-state index in [0.29, 0.717) is 16.8 Å². The van der Waals surface area contributed by atoms with Gasteiger partial charge in [0, 0.05) is 27.6 Å². The zero-order valence-electron chi connectivity index (χ0n) is 10.4. The van der Waals surface area contributed by atoms with Crippen LogP contribution in [-0.4, -0.2) is 4.57 Å². The smallest absolute Gasteiger partial charge is 0.345 e. The molecule has 0 atom stereocenters. The maximum atomic E-state index is 13.2. The molecule has 0 saturated heterocycles. The highest BCUT2D eigenvalue weighted by Gasteiger charge is 2.36. The molecule has 0 bridgehead atoms. The maximum absolute atomic E-state index is 13.2. The third kappa shape index (κ3) is 2.29. The monoisotopic (exact) mass is 331 g/mol. The molecule has 0 N–H and O–H groups in total. The van der Waals surface area contributed by atoms with Gasteiger partial charge in [0.15, 0.2) is 0 Å². The summed E-state index contributed by atoms with van der Waals surface area (Å²) in [4.78, 5) is 0. The van der Waals surface area contributed by atoms with E-state index in [-0.39, 0.29) is 4.47 Å². The average molecular weight is 332 g/mol. The largest absolute Gasteiger partial charge is 0.418 e. The van der Waals surface area contributed by atoms with Crippen LogP contribution in [0, 0.1) is 12.8 Å². The molecule has 0 aliphatic heterocycles. The van der Waals surface area contributed by atoms with Crippen LogP contribution < -0.4 is 0 Å². The highest BCUT2D eigenvalue weighted by atomic mass is 79.9. The standard InChI is InChI=1S/C14H13BrF3N/c1-8-6-10-12(19(8)7-9-2-3-9)5-4-11(15)13(10)14(16,17)18/h4-6,9H,2-3,7H2,1H3. The molecule has 1 aromatic heterocycles. The minimum absolute atomic E-state index is 0.107. The summed E-state index contributed by atoms with van der Waals surface area (Å²) in [7, 11) is 0. The van der Waals surface area contributed by atoms with Gasteiger partial charge < -0.3 is 4.57 Å². The van der Waals surface area contributed by atoms with Gasteiger partial charge in [-0.1, -0.05) is 15.9 Å². The zero-order chi connectivity index (χ0) is 13.8. The van der Waals surface area contributed by atoms with Gasteiger partial charge >= 0.3 is 6.18 Å². The van der Waals surface area contributed by atoms with Gasteiger partial charge in [-0.2, -0.15) is 13.2 Å². The number of hydrogen-bond acceptors (Lipinski definition) is 0. The van der Waals surface area contributed by atoms with Crippen LogP contribution in [0.2, 0.25) is 0 Å². The molecule has 3 rings (SSSR count). The van der Waals surface area contributed by atoms with Crippen molar-refractivity contribution in [2.24, 2.45) is 5.92 Å². The third-order valence-electron chi connectivity index (χ3n) is 3.66. The van der Waals surface area contributed by atoms with Crippen LogP contribution in [0.3, 0.4) is 0 Å². The molecule has 0 radical (unpaired) electrons. The summed E-state index contributed by atoms with van der Waals surface area (Å²) in [5.41, 5.74) is 1.01. The molecule has 0 spiro atoms. The molecule has 1 aliphatic carbocycles. The van der Waals surface area contributed by atoms with Crippen molar-refractivity contribution in [3.05, 3.63) is 33.9 Å². The number of halogens is 4. The number of aryl methyl sites for hydroxylation is 1. The first-order valence-corrected chi connectivity index (χ1v) is 7.03. The molecular formula is C14H13BrF3N. The van der Waals surface area contributed by atoms with Crippen molar-refractivity contribution in [2.75, 3.05) is 0 Å². The predicted octanol–water partition coefficient (Wildman–Crippen LogP) is 5.14. The highest BCUT2D eigenvalue weighted by molar-refractivity contribution is 9.10. The van der Waals surface area contributed by atoms with E-state index in [2.05, 4.69) is 15.9 Å². The lowest BCUT2D eigenvalue weighted by Gasteiger charge is -2.12. The normalized spacial score (nSPS) is 16.3. The molecule has 102 valence electrons. The summed E-state index contributed by atoms with van der Waals surface area (Å²) in [6.45, 7) is 2.70. The minimum Gasteiger partial charge on any atom is -0.345 e. The van der Waals surface area contributed by atoms with Gasteiger partial charge in [-0.3, -0.25) is 0 Å².